The van der Waals surface area contributed by atoms with E-state index in [0.717, 1.165) is 0 Å². The molecular weight excluding hydrogens is 350 g/mol. The van der Waals surface area contributed by atoms with Crippen LogP contribution in [0.25, 0.3) is 0 Å². The fourth-order valence-corrected chi connectivity index (χ4v) is 3.56. The van der Waals surface area contributed by atoms with E-state index >= 15 is 0 Å². The van der Waals surface area contributed by atoms with Crippen LogP contribution >= 0.6 is 0 Å². The maximum Gasteiger partial charge on any atom is 0.263 e. The Hall–Kier alpha value is -3.44. The lowest BCUT2D eigenvalue weighted by atomic mass is 10.2. The zero-order valence-electron chi connectivity index (χ0n) is 13.8. The third kappa shape index (κ3) is 3.96. The summed E-state index contributed by atoms with van der Waals surface area (Å²) in [6.07, 6.45) is 0. The van der Waals surface area contributed by atoms with Crippen molar-refractivity contribution in [2.75, 3.05) is 10.0 Å². The maximum absolute atomic E-state index is 12.4. The average Bonchev–Trinajstić information content (AvgIpc) is 2.63. The van der Waals surface area contributed by atoms with Crippen molar-refractivity contribution >= 4 is 27.3 Å². The van der Waals surface area contributed by atoms with Gasteiger partial charge in [0.25, 0.3) is 10.0 Å². The van der Waals surface area contributed by atoms with Gasteiger partial charge in [0.05, 0.1) is 16.5 Å². The number of benzene rings is 2. The number of nitrogens with one attached hydrogen (secondary N) is 2. The Balaban J connectivity index is 1.76. The number of hydrogen-bond donors (Lipinski definition) is 2. The van der Waals surface area contributed by atoms with Gasteiger partial charge in [-0.05, 0) is 48.9 Å². The van der Waals surface area contributed by atoms with Crippen molar-refractivity contribution in [3.63, 3.8) is 0 Å². The Morgan fingerprint density at radius 1 is 0.962 bits per heavy atom. The predicted octanol–water partition coefficient (Wildman–Crippen LogP) is 3.20. The first-order valence-electron chi connectivity index (χ1n) is 7.67. The Labute approximate surface area is 151 Å². The lowest BCUT2D eigenvalue weighted by molar-refractivity contribution is 0.600. The van der Waals surface area contributed by atoms with Gasteiger partial charge in [-0.1, -0.05) is 24.3 Å². The van der Waals surface area contributed by atoms with Crippen LogP contribution < -0.4 is 10.0 Å². The average molecular weight is 365 g/mol. The number of aromatic nitrogens is 2. The number of nitrogens with zero attached hydrogens (tertiary/aromatic N) is 3. The minimum absolute atomic E-state index is 0.115. The highest BCUT2D eigenvalue weighted by atomic mass is 32.2. The van der Waals surface area contributed by atoms with Gasteiger partial charge in [-0.2, -0.15) is 5.26 Å². The van der Waals surface area contributed by atoms with Gasteiger partial charge in [-0.25, -0.2) is 8.42 Å². The summed E-state index contributed by atoms with van der Waals surface area (Å²) < 4.78 is 27.3. The third-order valence-corrected chi connectivity index (χ3v) is 5.07. The van der Waals surface area contributed by atoms with E-state index in [-0.39, 0.29) is 10.7 Å². The first-order valence-corrected chi connectivity index (χ1v) is 9.15. The van der Waals surface area contributed by atoms with Gasteiger partial charge in [0.2, 0.25) is 0 Å². The second-order valence-corrected chi connectivity index (χ2v) is 7.14. The molecule has 0 saturated heterocycles. The molecule has 0 fully saturated rings. The zero-order chi connectivity index (χ0) is 18.6. The van der Waals surface area contributed by atoms with E-state index in [4.69, 9.17) is 5.26 Å². The van der Waals surface area contributed by atoms with E-state index < -0.39 is 10.0 Å². The molecule has 0 aliphatic rings. The number of aryl methyl sites for hydroxylation is 1. The third-order valence-electron chi connectivity index (χ3n) is 3.55. The van der Waals surface area contributed by atoms with Crippen LogP contribution in [0.2, 0.25) is 0 Å². The van der Waals surface area contributed by atoms with Gasteiger partial charge < -0.3 is 5.32 Å². The molecule has 0 amide bonds. The molecule has 3 rings (SSSR count). The minimum atomic E-state index is -3.73. The van der Waals surface area contributed by atoms with Gasteiger partial charge >= 0.3 is 0 Å². The Morgan fingerprint density at radius 3 is 2.38 bits per heavy atom. The molecule has 2 aromatic carbocycles. The highest BCUT2D eigenvalue weighted by Gasteiger charge is 2.17. The summed E-state index contributed by atoms with van der Waals surface area (Å²) in [7, 11) is -3.73. The molecule has 0 bridgehead atoms. The highest BCUT2D eigenvalue weighted by Crippen LogP contribution is 2.19. The second kappa shape index (κ2) is 7.21. The fraction of sp³-hybridized carbons (Fsp3) is 0.0556. The smallest absolute Gasteiger partial charge is 0.263 e. The summed E-state index contributed by atoms with van der Waals surface area (Å²) in [5.74, 6) is 0.545. The van der Waals surface area contributed by atoms with E-state index in [1.54, 1.807) is 55.5 Å². The number of hydrogen-bond acceptors (Lipinski definition) is 6. The van der Waals surface area contributed by atoms with Crippen LogP contribution in [0.15, 0.2) is 65.6 Å². The molecule has 2 N–H and O–H groups in total. The summed E-state index contributed by atoms with van der Waals surface area (Å²) >= 11 is 0. The van der Waals surface area contributed by atoms with Crippen LogP contribution in [0, 0.1) is 18.3 Å². The number of nitriles is 1. The number of sulfonamides is 1. The maximum atomic E-state index is 12.4. The number of anilines is 3. The van der Waals surface area contributed by atoms with E-state index in [0.29, 0.717) is 22.6 Å². The van der Waals surface area contributed by atoms with E-state index in [1.165, 1.54) is 12.1 Å². The van der Waals surface area contributed by atoms with Crippen molar-refractivity contribution in [2.24, 2.45) is 0 Å². The lowest BCUT2D eigenvalue weighted by Crippen LogP contribution is -2.15. The highest BCUT2D eigenvalue weighted by molar-refractivity contribution is 7.92. The molecule has 0 aliphatic carbocycles. The molecule has 130 valence electrons. The van der Waals surface area contributed by atoms with Gasteiger partial charge in [-0.3, -0.25) is 4.72 Å². The van der Waals surface area contributed by atoms with Crippen molar-refractivity contribution in [1.82, 2.24) is 10.2 Å². The first-order chi connectivity index (χ1) is 12.5. The summed E-state index contributed by atoms with van der Waals surface area (Å²) in [6.45, 7) is 1.72. The normalized spacial score (nSPS) is 10.8. The van der Waals surface area contributed by atoms with Gasteiger partial charge in [0, 0.05) is 5.69 Å². The molecule has 0 unspecified atom stereocenters. The minimum Gasteiger partial charge on any atom is -0.339 e. The standard InChI is InChI=1S/C18H15N5O2S/c1-13-5-2-3-8-16(13)26(24,25)23-18-10-9-17(21-22-18)20-15-7-4-6-14(11-15)12-19/h2-11H,1H3,(H,20,21)(H,22,23). The quantitative estimate of drug-likeness (QED) is 0.719. The fourth-order valence-electron chi connectivity index (χ4n) is 2.32. The van der Waals surface area contributed by atoms with Crippen molar-refractivity contribution in [2.45, 2.75) is 11.8 Å². The van der Waals surface area contributed by atoms with Crippen LogP contribution in [0.5, 0.6) is 0 Å². The van der Waals surface area contributed by atoms with Crippen molar-refractivity contribution in [1.29, 1.82) is 5.26 Å². The molecule has 0 spiro atoms. The molecule has 0 radical (unpaired) electrons. The molecule has 26 heavy (non-hydrogen) atoms. The molecule has 1 heterocycles. The first kappa shape index (κ1) is 17.4. The molecule has 7 nitrogen and oxygen atoms in total. The molecule has 3 aromatic rings. The van der Waals surface area contributed by atoms with Crippen LogP contribution in [0.3, 0.4) is 0 Å². The molecular formula is C18H15N5O2S. The topological polar surface area (TPSA) is 108 Å². The van der Waals surface area contributed by atoms with E-state index in [9.17, 15) is 8.42 Å². The van der Waals surface area contributed by atoms with E-state index in [1.807, 2.05) is 0 Å². The van der Waals surface area contributed by atoms with Crippen LogP contribution in [-0.4, -0.2) is 18.6 Å². The van der Waals surface area contributed by atoms with Crippen LogP contribution in [0.1, 0.15) is 11.1 Å². The molecule has 0 saturated carbocycles. The number of rotatable bonds is 5. The predicted molar refractivity (Wildman–Crippen MR) is 98.5 cm³/mol. The summed E-state index contributed by atoms with van der Waals surface area (Å²) in [6, 6.07) is 18.8. The van der Waals surface area contributed by atoms with E-state index in [2.05, 4.69) is 26.3 Å². The summed E-state index contributed by atoms with van der Waals surface area (Å²) in [4.78, 5) is 0.192. The van der Waals surface area contributed by atoms with Gasteiger partial charge in [0.15, 0.2) is 11.6 Å². The molecule has 0 aliphatic heterocycles. The van der Waals surface area contributed by atoms with Gasteiger partial charge in [0.1, 0.15) is 0 Å². The van der Waals surface area contributed by atoms with Crippen LogP contribution in [0.4, 0.5) is 17.3 Å². The van der Waals surface area contributed by atoms with Crippen molar-refractivity contribution < 1.29 is 8.42 Å². The Morgan fingerprint density at radius 2 is 1.69 bits per heavy atom. The Kier molecular flexibility index (Phi) is 4.82. The summed E-state index contributed by atoms with van der Waals surface area (Å²) in [5.41, 5.74) is 1.85. The monoisotopic (exact) mass is 365 g/mol. The molecule has 1 aromatic heterocycles. The SMILES string of the molecule is Cc1ccccc1S(=O)(=O)Nc1ccc(Nc2cccc(C#N)c2)nn1. The van der Waals surface area contributed by atoms with Crippen LogP contribution in [-0.2, 0) is 10.0 Å². The molecule has 8 heteroatoms. The zero-order valence-corrected chi connectivity index (χ0v) is 14.7. The van der Waals surface area contributed by atoms with Crippen molar-refractivity contribution in [3.05, 3.63) is 71.8 Å². The largest absolute Gasteiger partial charge is 0.339 e. The Bertz CT molecular complexity index is 1070. The van der Waals surface area contributed by atoms with Crippen molar-refractivity contribution in [3.8, 4) is 6.07 Å². The second-order valence-electron chi connectivity index (χ2n) is 5.49. The molecule has 0 atom stereocenters. The lowest BCUT2D eigenvalue weighted by Gasteiger charge is -2.10. The van der Waals surface area contributed by atoms with Gasteiger partial charge in [-0.15, -0.1) is 10.2 Å². The summed E-state index contributed by atoms with van der Waals surface area (Å²) in [5, 5.41) is 19.8.